The minimum absolute atomic E-state index is 0.0136. The van der Waals surface area contributed by atoms with Crippen LogP contribution in [-0.2, 0) is 9.59 Å². The standard InChI is InChI=1S/C18H17ClN4O4/c1-18(2)17(25)21-13-5-3-4-6-14(13)22(18)16(24)10-20-11-7-8-12(19)15(9-11)23(26)27/h3-9,20H,10H2,1-2H3,(H,21,25). The molecule has 2 aromatic rings. The van der Waals surface area contributed by atoms with Gasteiger partial charge < -0.3 is 10.6 Å². The molecule has 8 nitrogen and oxygen atoms in total. The monoisotopic (exact) mass is 388 g/mol. The highest BCUT2D eigenvalue weighted by Gasteiger charge is 2.43. The Kier molecular flexibility index (Phi) is 4.75. The predicted octanol–water partition coefficient (Wildman–Crippen LogP) is 3.42. The van der Waals surface area contributed by atoms with E-state index < -0.39 is 10.5 Å². The number of rotatable bonds is 4. The Bertz CT molecular complexity index is 945. The summed E-state index contributed by atoms with van der Waals surface area (Å²) in [6, 6.07) is 11.2. The molecule has 1 heterocycles. The first-order valence-electron chi connectivity index (χ1n) is 8.13. The molecule has 0 aromatic heterocycles. The number of fused-ring (bicyclic) bond motifs is 1. The molecule has 0 saturated carbocycles. The van der Waals surface area contributed by atoms with Gasteiger partial charge in [0, 0.05) is 11.8 Å². The fraction of sp³-hybridized carbons (Fsp3) is 0.222. The largest absolute Gasteiger partial charge is 0.376 e. The molecule has 1 aliphatic heterocycles. The van der Waals surface area contributed by atoms with Crippen molar-refractivity contribution in [3.8, 4) is 0 Å². The molecule has 0 atom stereocenters. The fourth-order valence-corrected chi connectivity index (χ4v) is 3.10. The first kappa shape index (κ1) is 18.7. The summed E-state index contributed by atoms with van der Waals surface area (Å²) in [5.41, 5.74) is 0.191. The van der Waals surface area contributed by atoms with E-state index in [4.69, 9.17) is 11.6 Å². The molecule has 9 heteroatoms. The number of nitro benzene ring substituents is 1. The van der Waals surface area contributed by atoms with Crippen molar-refractivity contribution in [2.45, 2.75) is 19.4 Å². The van der Waals surface area contributed by atoms with Gasteiger partial charge in [-0.1, -0.05) is 23.7 Å². The molecule has 2 aromatic carbocycles. The Balaban J connectivity index is 1.84. The molecule has 0 aliphatic carbocycles. The van der Waals surface area contributed by atoms with Gasteiger partial charge in [-0.05, 0) is 38.1 Å². The number of halogens is 1. The van der Waals surface area contributed by atoms with E-state index in [0.717, 1.165) is 0 Å². The normalized spacial score (nSPS) is 14.9. The number of nitro groups is 1. The van der Waals surface area contributed by atoms with Crippen LogP contribution in [0.3, 0.4) is 0 Å². The lowest BCUT2D eigenvalue weighted by atomic mass is 9.96. The van der Waals surface area contributed by atoms with Gasteiger partial charge in [0.05, 0.1) is 22.8 Å². The Morgan fingerprint density at radius 2 is 2.00 bits per heavy atom. The first-order valence-corrected chi connectivity index (χ1v) is 8.51. The van der Waals surface area contributed by atoms with E-state index >= 15 is 0 Å². The van der Waals surface area contributed by atoms with E-state index in [2.05, 4.69) is 10.6 Å². The average molecular weight is 389 g/mol. The maximum absolute atomic E-state index is 12.9. The Morgan fingerprint density at radius 3 is 2.70 bits per heavy atom. The zero-order chi connectivity index (χ0) is 19.8. The fourth-order valence-electron chi connectivity index (χ4n) is 2.92. The summed E-state index contributed by atoms with van der Waals surface area (Å²) >= 11 is 5.80. The maximum atomic E-state index is 12.9. The van der Waals surface area contributed by atoms with Gasteiger partial charge >= 0.3 is 0 Å². The second kappa shape index (κ2) is 6.88. The zero-order valence-corrected chi connectivity index (χ0v) is 15.4. The highest BCUT2D eigenvalue weighted by atomic mass is 35.5. The van der Waals surface area contributed by atoms with Crippen LogP contribution in [0.5, 0.6) is 0 Å². The minimum Gasteiger partial charge on any atom is -0.376 e. The molecular formula is C18H17ClN4O4. The maximum Gasteiger partial charge on any atom is 0.289 e. The number of para-hydroxylation sites is 2. The summed E-state index contributed by atoms with van der Waals surface area (Å²) in [4.78, 5) is 37.1. The van der Waals surface area contributed by atoms with Crippen LogP contribution in [-0.4, -0.2) is 28.8 Å². The molecule has 0 spiro atoms. The van der Waals surface area contributed by atoms with Crippen molar-refractivity contribution in [3.63, 3.8) is 0 Å². The van der Waals surface area contributed by atoms with Crippen molar-refractivity contribution in [2.75, 3.05) is 22.1 Å². The molecule has 27 heavy (non-hydrogen) atoms. The van der Waals surface area contributed by atoms with Crippen LogP contribution in [0.2, 0.25) is 5.02 Å². The van der Waals surface area contributed by atoms with E-state index in [1.165, 1.54) is 17.0 Å². The number of hydrogen-bond donors (Lipinski definition) is 2. The predicted molar refractivity (Wildman–Crippen MR) is 103 cm³/mol. The van der Waals surface area contributed by atoms with Crippen LogP contribution in [0.15, 0.2) is 42.5 Å². The zero-order valence-electron chi connectivity index (χ0n) is 14.7. The third kappa shape index (κ3) is 3.43. The van der Waals surface area contributed by atoms with Crippen LogP contribution < -0.4 is 15.5 Å². The Morgan fingerprint density at radius 1 is 1.30 bits per heavy atom. The van der Waals surface area contributed by atoms with E-state index in [1.807, 2.05) is 0 Å². The third-order valence-electron chi connectivity index (χ3n) is 4.34. The number of anilines is 3. The number of carbonyl (C=O) groups is 2. The van der Waals surface area contributed by atoms with Gasteiger partial charge in [-0.3, -0.25) is 24.6 Å². The van der Waals surface area contributed by atoms with Crippen molar-refractivity contribution < 1.29 is 14.5 Å². The van der Waals surface area contributed by atoms with E-state index in [0.29, 0.717) is 17.1 Å². The smallest absolute Gasteiger partial charge is 0.289 e. The topological polar surface area (TPSA) is 105 Å². The molecule has 1 aliphatic rings. The number of benzene rings is 2. The summed E-state index contributed by atoms with van der Waals surface area (Å²) in [7, 11) is 0. The molecule has 3 rings (SSSR count). The second-order valence-electron chi connectivity index (χ2n) is 6.54. The van der Waals surface area contributed by atoms with Gasteiger partial charge in [0.1, 0.15) is 10.6 Å². The van der Waals surface area contributed by atoms with Crippen molar-refractivity contribution >= 4 is 46.2 Å². The second-order valence-corrected chi connectivity index (χ2v) is 6.94. The summed E-state index contributed by atoms with van der Waals surface area (Å²) in [5, 5.41) is 16.7. The average Bonchev–Trinajstić information content (AvgIpc) is 2.61. The lowest BCUT2D eigenvalue weighted by molar-refractivity contribution is -0.384. The summed E-state index contributed by atoms with van der Waals surface area (Å²) < 4.78 is 0. The lowest BCUT2D eigenvalue weighted by Crippen LogP contribution is -2.59. The van der Waals surface area contributed by atoms with Crippen LogP contribution in [0.4, 0.5) is 22.7 Å². The van der Waals surface area contributed by atoms with Crippen LogP contribution in [0.1, 0.15) is 13.8 Å². The first-order chi connectivity index (χ1) is 12.7. The quantitative estimate of drug-likeness (QED) is 0.616. The summed E-state index contributed by atoms with van der Waals surface area (Å²) in [6.45, 7) is 3.16. The van der Waals surface area contributed by atoms with Gasteiger partial charge in [-0.25, -0.2) is 0 Å². The summed E-state index contributed by atoms with van der Waals surface area (Å²) in [5.74, 6) is -0.642. The Labute approximate surface area is 160 Å². The van der Waals surface area contributed by atoms with E-state index in [-0.39, 0.29) is 29.1 Å². The summed E-state index contributed by atoms with van der Waals surface area (Å²) in [6.07, 6.45) is 0. The number of nitrogens with one attached hydrogen (secondary N) is 2. The van der Waals surface area contributed by atoms with Crippen LogP contribution >= 0.6 is 11.6 Å². The Hall–Kier alpha value is -3.13. The van der Waals surface area contributed by atoms with Gasteiger partial charge in [-0.15, -0.1) is 0 Å². The molecule has 0 radical (unpaired) electrons. The van der Waals surface area contributed by atoms with Crippen molar-refractivity contribution in [1.82, 2.24) is 0 Å². The van der Waals surface area contributed by atoms with Crippen molar-refractivity contribution in [2.24, 2.45) is 0 Å². The number of nitrogens with zero attached hydrogens (tertiary/aromatic N) is 2. The lowest BCUT2D eigenvalue weighted by Gasteiger charge is -2.42. The molecule has 140 valence electrons. The van der Waals surface area contributed by atoms with Gasteiger partial charge in [0.15, 0.2) is 0 Å². The highest BCUT2D eigenvalue weighted by Crippen LogP contribution is 2.36. The molecule has 2 N–H and O–H groups in total. The number of carbonyl (C=O) groups excluding carboxylic acids is 2. The number of amides is 2. The molecule has 0 unspecified atom stereocenters. The molecule has 0 bridgehead atoms. The van der Waals surface area contributed by atoms with Gasteiger partial charge in [-0.2, -0.15) is 0 Å². The van der Waals surface area contributed by atoms with Gasteiger partial charge in [0.2, 0.25) is 11.8 Å². The SMILES string of the molecule is CC1(C)C(=O)Nc2ccccc2N1C(=O)CNc1ccc(Cl)c([N+](=O)[O-])c1. The van der Waals surface area contributed by atoms with Crippen LogP contribution in [0, 0.1) is 10.1 Å². The molecule has 0 saturated heterocycles. The van der Waals surface area contributed by atoms with Crippen molar-refractivity contribution in [1.29, 1.82) is 0 Å². The van der Waals surface area contributed by atoms with Crippen LogP contribution in [0.25, 0.3) is 0 Å². The minimum atomic E-state index is -1.08. The van der Waals surface area contributed by atoms with Gasteiger partial charge in [0.25, 0.3) is 5.69 Å². The highest BCUT2D eigenvalue weighted by molar-refractivity contribution is 6.32. The third-order valence-corrected chi connectivity index (χ3v) is 4.66. The van der Waals surface area contributed by atoms with E-state index in [1.54, 1.807) is 44.2 Å². The molecule has 2 amide bonds. The number of hydrogen-bond acceptors (Lipinski definition) is 5. The van der Waals surface area contributed by atoms with Crippen molar-refractivity contribution in [3.05, 3.63) is 57.6 Å². The molecule has 0 fully saturated rings. The van der Waals surface area contributed by atoms with E-state index in [9.17, 15) is 19.7 Å². The molecular weight excluding hydrogens is 372 g/mol.